The molecule has 0 heterocycles. The van der Waals surface area contributed by atoms with Crippen LogP contribution in [0, 0.1) is 0 Å². The van der Waals surface area contributed by atoms with E-state index in [4.69, 9.17) is 0 Å². The lowest BCUT2D eigenvalue weighted by atomic mass is 9.68. The molecule has 106 valence electrons. The summed E-state index contributed by atoms with van der Waals surface area (Å²) in [7, 11) is 0. The maximum absolute atomic E-state index is 10.4. The number of aromatic hydroxyl groups is 1. The van der Waals surface area contributed by atoms with E-state index in [0.29, 0.717) is 5.75 Å². The molecule has 2 aromatic rings. The molecule has 0 amide bonds. The van der Waals surface area contributed by atoms with Crippen LogP contribution in [0.4, 0.5) is 0 Å². The van der Waals surface area contributed by atoms with E-state index in [2.05, 4.69) is 50.2 Å². The molecule has 0 unspecified atom stereocenters. The van der Waals surface area contributed by atoms with Crippen LogP contribution >= 0.6 is 0 Å². The van der Waals surface area contributed by atoms with Gasteiger partial charge >= 0.3 is 0 Å². The molecule has 2 rings (SSSR count). The summed E-state index contributed by atoms with van der Waals surface area (Å²) in [6, 6.07) is 18.4. The maximum atomic E-state index is 10.4. The van der Waals surface area contributed by atoms with Gasteiger partial charge < -0.3 is 5.11 Å². The average molecular weight is 268 g/mol. The van der Waals surface area contributed by atoms with Crippen LogP contribution in [0.5, 0.6) is 5.75 Å². The fourth-order valence-corrected chi connectivity index (χ4v) is 3.33. The molecule has 0 saturated heterocycles. The molecule has 20 heavy (non-hydrogen) atoms. The maximum Gasteiger partial charge on any atom is 0.119 e. The van der Waals surface area contributed by atoms with Gasteiger partial charge in [-0.3, -0.25) is 0 Å². The molecular formula is C19H24O. The molecule has 0 saturated carbocycles. The topological polar surface area (TPSA) is 20.2 Å². The molecule has 0 aromatic heterocycles. The molecule has 0 spiro atoms. The summed E-state index contributed by atoms with van der Waals surface area (Å²) in [5.74, 6) is 0.415. The summed E-state index contributed by atoms with van der Waals surface area (Å²) >= 11 is 0. The van der Waals surface area contributed by atoms with E-state index in [9.17, 15) is 5.11 Å². The van der Waals surface area contributed by atoms with Crippen LogP contribution < -0.4 is 0 Å². The van der Waals surface area contributed by atoms with E-state index in [1.54, 1.807) is 6.07 Å². The fourth-order valence-electron chi connectivity index (χ4n) is 3.33. The van der Waals surface area contributed by atoms with Crippen LogP contribution in [0.2, 0.25) is 0 Å². The van der Waals surface area contributed by atoms with Crippen molar-refractivity contribution in [1.29, 1.82) is 0 Å². The van der Waals surface area contributed by atoms with Crippen LogP contribution in [0.1, 0.15) is 50.7 Å². The van der Waals surface area contributed by atoms with Crippen LogP contribution in [-0.4, -0.2) is 5.11 Å². The van der Waals surface area contributed by atoms with E-state index in [1.165, 1.54) is 5.56 Å². The molecule has 1 N–H and O–H groups in total. The first-order valence-electron chi connectivity index (χ1n) is 7.58. The third-order valence-corrected chi connectivity index (χ3v) is 4.10. The first-order valence-corrected chi connectivity index (χ1v) is 7.58. The molecule has 0 radical (unpaired) electrons. The predicted molar refractivity (Wildman–Crippen MR) is 85.1 cm³/mol. The van der Waals surface area contributed by atoms with E-state index in [1.807, 2.05) is 12.1 Å². The van der Waals surface area contributed by atoms with Crippen molar-refractivity contribution < 1.29 is 5.11 Å². The lowest BCUT2D eigenvalue weighted by Crippen LogP contribution is -2.27. The number of phenols is 1. The van der Waals surface area contributed by atoms with Gasteiger partial charge in [0.05, 0.1) is 0 Å². The Morgan fingerprint density at radius 1 is 0.800 bits per heavy atom. The molecule has 2 aromatic carbocycles. The molecule has 0 atom stereocenters. The second-order valence-corrected chi connectivity index (χ2v) is 5.47. The van der Waals surface area contributed by atoms with Crippen molar-refractivity contribution in [2.24, 2.45) is 0 Å². The summed E-state index contributed by atoms with van der Waals surface area (Å²) < 4.78 is 0. The van der Waals surface area contributed by atoms with E-state index >= 15 is 0 Å². The summed E-state index contributed by atoms with van der Waals surface area (Å²) in [5.41, 5.74) is 2.30. The number of hydrogen-bond donors (Lipinski definition) is 1. The summed E-state index contributed by atoms with van der Waals surface area (Å²) in [6.45, 7) is 4.43. The first-order chi connectivity index (χ1) is 9.74. The van der Waals surface area contributed by atoms with Gasteiger partial charge in [-0.25, -0.2) is 0 Å². The Bertz CT molecular complexity index is 524. The van der Waals surface area contributed by atoms with Gasteiger partial charge in [0.1, 0.15) is 5.75 Å². The minimum absolute atomic E-state index is 0.0733. The lowest BCUT2D eigenvalue weighted by molar-refractivity contribution is 0.393. The van der Waals surface area contributed by atoms with Crippen LogP contribution in [0.3, 0.4) is 0 Å². The standard InChI is InChI=1S/C19H24O/c1-3-14-19(15-4-2,16-10-6-5-7-11-16)17-12-8-9-13-18(17)20/h5-13,20H,3-4,14-15H2,1-2H3. The summed E-state index contributed by atoms with van der Waals surface area (Å²) in [4.78, 5) is 0. The van der Waals surface area contributed by atoms with Crippen LogP contribution in [0.15, 0.2) is 54.6 Å². The number of hydrogen-bond acceptors (Lipinski definition) is 1. The van der Waals surface area contributed by atoms with E-state index in [-0.39, 0.29) is 5.41 Å². The highest BCUT2D eigenvalue weighted by atomic mass is 16.3. The molecule has 0 aliphatic rings. The van der Waals surface area contributed by atoms with Gasteiger partial charge in [-0.2, -0.15) is 0 Å². The first kappa shape index (κ1) is 14.6. The summed E-state index contributed by atoms with van der Waals surface area (Å²) in [6.07, 6.45) is 4.32. The molecule has 0 aliphatic carbocycles. The minimum Gasteiger partial charge on any atom is -0.508 e. The zero-order chi connectivity index (χ0) is 14.4. The highest BCUT2D eigenvalue weighted by Crippen LogP contribution is 2.44. The van der Waals surface area contributed by atoms with Gasteiger partial charge in [-0.05, 0) is 24.5 Å². The zero-order valence-corrected chi connectivity index (χ0v) is 12.5. The van der Waals surface area contributed by atoms with Crippen molar-refractivity contribution in [1.82, 2.24) is 0 Å². The Balaban J connectivity index is 2.62. The zero-order valence-electron chi connectivity index (χ0n) is 12.5. The van der Waals surface area contributed by atoms with Gasteiger partial charge in [0.25, 0.3) is 0 Å². The number of benzene rings is 2. The molecule has 0 bridgehead atoms. The second kappa shape index (κ2) is 6.60. The third-order valence-electron chi connectivity index (χ3n) is 4.10. The fraction of sp³-hybridized carbons (Fsp3) is 0.368. The number of phenolic OH excluding ortho intramolecular Hbond substituents is 1. The SMILES string of the molecule is CCCC(CCC)(c1ccccc1)c1ccccc1O. The van der Waals surface area contributed by atoms with Crippen molar-refractivity contribution in [3.05, 3.63) is 65.7 Å². The summed E-state index contributed by atoms with van der Waals surface area (Å²) in [5, 5.41) is 10.4. The van der Waals surface area contributed by atoms with Gasteiger partial charge in [-0.1, -0.05) is 75.2 Å². The Morgan fingerprint density at radius 2 is 1.35 bits per heavy atom. The molecule has 0 fully saturated rings. The Labute approximate surface area is 122 Å². The monoisotopic (exact) mass is 268 g/mol. The predicted octanol–water partition coefficient (Wildman–Crippen LogP) is 5.28. The van der Waals surface area contributed by atoms with Crippen molar-refractivity contribution in [3.63, 3.8) is 0 Å². The van der Waals surface area contributed by atoms with Crippen molar-refractivity contribution in [2.45, 2.75) is 44.9 Å². The van der Waals surface area contributed by atoms with Gasteiger partial charge in [0.15, 0.2) is 0 Å². The third kappa shape index (κ3) is 2.72. The van der Waals surface area contributed by atoms with Crippen LogP contribution in [0.25, 0.3) is 0 Å². The number of para-hydroxylation sites is 1. The Morgan fingerprint density at radius 3 is 1.90 bits per heavy atom. The van der Waals surface area contributed by atoms with Crippen molar-refractivity contribution in [3.8, 4) is 5.75 Å². The van der Waals surface area contributed by atoms with Crippen molar-refractivity contribution in [2.75, 3.05) is 0 Å². The van der Waals surface area contributed by atoms with Crippen LogP contribution in [-0.2, 0) is 5.41 Å². The van der Waals surface area contributed by atoms with Gasteiger partial charge in [0, 0.05) is 11.0 Å². The van der Waals surface area contributed by atoms with Gasteiger partial charge in [0.2, 0.25) is 0 Å². The number of rotatable bonds is 6. The van der Waals surface area contributed by atoms with Crippen molar-refractivity contribution >= 4 is 0 Å². The highest BCUT2D eigenvalue weighted by molar-refractivity contribution is 5.46. The van der Waals surface area contributed by atoms with E-state index < -0.39 is 0 Å². The van der Waals surface area contributed by atoms with Gasteiger partial charge in [-0.15, -0.1) is 0 Å². The second-order valence-electron chi connectivity index (χ2n) is 5.47. The Hall–Kier alpha value is -1.76. The van der Waals surface area contributed by atoms with E-state index in [0.717, 1.165) is 31.2 Å². The molecular weight excluding hydrogens is 244 g/mol. The average Bonchev–Trinajstić information content (AvgIpc) is 2.48. The molecule has 1 heteroatoms. The quantitative estimate of drug-likeness (QED) is 0.755. The minimum atomic E-state index is -0.0733. The highest BCUT2D eigenvalue weighted by Gasteiger charge is 2.34. The smallest absolute Gasteiger partial charge is 0.119 e. The molecule has 0 aliphatic heterocycles. The normalized spacial score (nSPS) is 11.5. The lowest BCUT2D eigenvalue weighted by Gasteiger charge is -2.35. The Kier molecular flexibility index (Phi) is 4.84. The molecule has 1 nitrogen and oxygen atoms in total. The largest absolute Gasteiger partial charge is 0.508 e.